The average molecular weight is 290 g/mol. The highest BCUT2D eigenvalue weighted by Gasteiger charge is 2.13. The summed E-state index contributed by atoms with van der Waals surface area (Å²) in [5.74, 6) is 0.814. The van der Waals surface area contributed by atoms with Gasteiger partial charge in [-0.15, -0.1) is 21.5 Å². The van der Waals surface area contributed by atoms with Crippen molar-refractivity contribution in [3.05, 3.63) is 40.7 Å². The van der Waals surface area contributed by atoms with Crippen LogP contribution in [0.4, 0.5) is 5.82 Å². The summed E-state index contributed by atoms with van der Waals surface area (Å²) in [5.41, 5.74) is 0.845. The molecule has 0 amide bonds. The van der Waals surface area contributed by atoms with E-state index < -0.39 is 0 Å². The number of anilines is 1. The summed E-state index contributed by atoms with van der Waals surface area (Å²) in [7, 11) is 0. The Balaban J connectivity index is 2.28. The first kappa shape index (κ1) is 12.4. The van der Waals surface area contributed by atoms with Gasteiger partial charge in [-0.2, -0.15) is 0 Å². The van der Waals surface area contributed by atoms with Crippen molar-refractivity contribution >= 4 is 39.5 Å². The van der Waals surface area contributed by atoms with Crippen LogP contribution >= 0.6 is 22.9 Å². The summed E-state index contributed by atoms with van der Waals surface area (Å²) in [6.45, 7) is 2.86. The number of aromatic nitrogens is 2. The van der Waals surface area contributed by atoms with Gasteiger partial charge in [-0.3, -0.25) is 0 Å². The van der Waals surface area contributed by atoms with Crippen LogP contribution < -0.4 is 5.32 Å². The van der Waals surface area contributed by atoms with Gasteiger partial charge in [0.15, 0.2) is 5.82 Å². The Morgan fingerprint density at radius 1 is 1.16 bits per heavy atom. The predicted molar refractivity (Wildman–Crippen MR) is 82.0 cm³/mol. The first-order valence-corrected chi connectivity index (χ1v) is 7.29. The zero-order valence-corrected chi connectivity index (χ0v) is 11.9. The number of thiophene rings is 1. The maximum Gasteiger partial charge on any atom is 0.156 e. The molecule has 0 radical (unpaired) electrons. The molecule has 0 atom stereocenters. The number of nitrogens with zero attached hydrogens (tertiary/aromatic N) is 2. The zero-order chi connectivity index (χ0) is 13.2. The fraction of sp³-hybridized carbons (Fsp3) is 0.143. The molecule has 0 saturated carbocycles. The number of fused-ring (bicyclic) bond motifs is 1. The lowest BCUT2D eigenvalue weighted by Gasteiger charge is -2.09. The number of rotatable bonds is 3. The Morgan fingerprint density at radius 2 is 1.95 bits per heavy atom. The Kier molecular flexibility index (Phi) is 3.36. The summed E-state index contributed by atoms with van der Waals surface area (Å²) >= 11 is 7.78. The largest absolute Gasteiger partial charge is 0.368 e. The van der Waals surface area contributed by atoms with E-state index in [2.05, 4.69) is 21.6 Å². The summed E-state index contributed by atoms with van der Waals surface area (Å²) in [5, 5.41) is 16.7. The fourth-order valence-electron chi connectivity index (χ4n) is 2.03. The Bertz CT molecular complexity index is 724. The Morgan fingerprint density at radius 3 is 2.63 bits per heavy atom. The molecule has 0 unspecified atom stereocenters. The van der Waals surface area contributed by atoms with Gasteiger partial charge in [0.05, 0.1) is 9.90 Å². The van der Waals surface area contributed by atoms with Crippen molar-refractivity contribution in [2.45, 2.75) is 6.92 Å². The van der Waals surface area contributed by atoms with E-state index in [0.717, 1.165) is 38.7 Å². The van der Waals surface area contributed by atoms with E-state index in [1.54, 1.807) is 11.3 Å². The molecular formula is C14H12ClN3S. The standard InChI is InChI=1S/C14H12ClN3S/c1-2-16-14-10-6-4-3-5-9(10)12(17-18-14)13-11(15)7-8-19-13/h3-8H,2H2,1H3,(H,16,18). The molecule has 3 nitrogen and oxygen atoms in total. The second-order valence-electron chi connectivity index (χ2n) is 4.07. The predicted octanol–water partition coefficient (Wildman–Crippen LogP) is 4.44. The number of halogens is 1. The van der Waals surface area contributed by atoms with Gasteiger partial charge < -0.3 is 5.32 Å². The highest BCUT2D eigenvalue weighted by atomic mass is 35.5. The van der Waals surface area contributed by atoms with Crippen molar-refractivity contribution in [2.75, 3.05) is 11.9 Å². The number of nitrogens with one attached hydrogen (secondary N) is 1. The first-order chi connectivity index (χ1) is 9.31. The number of benzene rings is 1. The monoisotopic (exact) mass is 289 g/mol. The van der Waals surface area contributed by atoms with Crippen molar-refractivity contribution in [1.29, 1.82) is 0 Å². The van der Waals surface area contributed by atoms with Crippen LogP contribution in [0.1, 0.15) is 6.92 Å². The molecule has 1 N–H and O–H groups in total. The van der Waals surface area contributed by atoms with Crippen LogP contribution in [0.2, 0.25) is 5.02 Å². The van der Waals surface area contributed by atoms with Crippen LogP contribution in [0.5, 0.6) is 0 Å². The maximum atomic E-state index is 6.20. The minimum atomic E-state index is 0.723. The van der Waals surface area contributed by atoms with Gasteiger partial charge in [0.1, 0.15) is 5.69 Å². The number of hydrogen-bond acceptors (Lipinski definition) is 4. The van der Waals surface area contributed by atoms with Crippen LogP contribution in [0, 0.1) is 0 Å². The van der Waals surface area contributed by atoms with Crippen molar-refractivity contribution in [2.24, 2.45) is 0 Å². The van der Waals surface area contributed by atoms with Crippen molar-refractivity contribution < 1.29 is 0 Å². The van der Waals surface area contributed by atoms with E-state index in [4.69, 9.17) is 11.6 Å². The number of hydrogen-bond donors (Lipinski definition) is 1. The smallest absolute Gasteiger partial charge is 0.156 e. The van der Waals surface area contributed by atoms with E-state index in [1.807, 2.05) is 36.6 Å². The molecule has 96 valence electrons. The second-order valence-corrected chi connectivity index (χ2v) is 5.39. The third kappa shape index (κ3) is 2.17. The molecule has 0 bridgehead atoms. The minimum Gasteiger partial charge on any atom is -0.368 e. The molecule has 0 fully saturated rings. The molecule has 3 aromatic rings. The second kappa shape index (κ2) is 5.15. The summed E-state index contributed by atoms with van der Waals surface area (Å²) < 4.78 is 0. The van der Waals surface area contributed by atoms with E-state index in [1.165, 1.54) is 0 Å². The van der Waals surface area contributed by atoms with E-state index in [9.17, 15) is 0 Å². The molecule has 0 aliphatic rings. The highest BCUT2D eigenvalue weighted by Crippen LogP contribution is 2.36. The van der Waals surface area contributed by atoms with Crippen LogP contribution in [-0.4, -0.2) is 16.7 Å². The summed E-state index contributed by atoms with van der Waals surface area (Å²) in [4.78, 5) is 0.966. The van der Waals surface area contributed by atoms with Gasteiger partial charge in [0.2, 0.25) is 0 Å². The molecule has 2 heterocycles. The quantitative estimate of drug-likeness (QED) is 0.774. The van der Waals surface area contributed by atoms with E-state index in [0.29, 0.717) is 0 Å². The third-order valence-corrected chi connectivity index (χ3v) is 4.21. The molecule has 0 aliphatic heterocycles. The van der Waals surface area contributed by atoms with Crippen LogP contribution in [-0.2, 0) is 0 Å². The lowest BCUT2D eigenvalue weighted by Crippen LogP contribution is -2.02. The SMILES string of the molecule is CCNc1nnc(-c2sccc2Cl)c2ccccc12. The molecule has 19 heavy (non-hydrogen) atoms. The third-order valence-electron chi connectivity index (χ3n) is 2.86. The van der Waals surface area contributed by atoms with Crippen molar-refractivity contribution in [3.63, 3.8) is 0 Å². The van der Waals surface area contributed by atoms with Gasteiger partial charge in [-0.1, -0.05) is 35.9 Å². The lowest BCUT2D eigenvalue weighted by molar-refractivity contribution is 1.04. The zero-order valence-electron chi connectivity index (χ0n) is 10.4. The maximum absolute atomic E-state index is 6.20. The molecule has 1 aromatic carbocycles. The molecule has 0 spiro atoms. The van der Waals surface area contributed by atoms with Crippen LogP contribution in [0.3, 0.4) is 0 Å². The molecule has 0 saturated heterocycles. The van der Waals surface area contributed by atoms with Crippen molar-refractivity contribution in [3.8, 4) is 10.6 Å². The van der Waals surface area contributed by atoms with Gasteiger partial charge in [-0.25, -0.2) is 0 Å². The molecule has 5 heteroatoms. The first-order valence-electron chi connectivity index (χ1n) is 6.04. The van der Waals surface area contributed by atoms with Gasteiger partial charge >= 0.3 is 0 Å². The van der Waals surface area contributed by atoms with Gasteiger partial charge in [-0.05, 0) is 18.4 Å². The molecule has 3 rings (SSSR count). The molecule has 2 aromatic heterocycles. The highest BCUT2D eigenvalue weighted by molar-refractivity contribution is 7.14. The Hall–Kier alpha value is -1.65. The fourth-order valence-corrected chi connectivity index (χ4v) is 3.18. The normalized spacial score (nSPS) is 10.8. The van der Waals surface area contributed by atoms with Crippen LogP contribution in [0.25, 0.3) is 21.3 Å². The molecule has 0 aliphatic carbocycles. The summed E-state index contributed by atoms with van der Waals surface area (Å²) in [6, 6.07) is 9.99. The van der Waals surface area contributed by atoms with Gasteiger partial charge in [0.25, 0.3) is 0 Å². The molecular weight excluding hydrogens is 278 g/mol. The lowest BCUT2D eigenvalue weighted by atomic mass is 10.1. The van der Waals surface area contributed by atoms with E-state index >= 15 is 0 Å². The van der Waals surface area contributed by atoms with Crippen molar-refractivity contribution in [1.82, 2.24) is 10.2 Å². The Labute approximate surface area is 120 Å². The topological polar surface area (TPSA) is 37.8 Å². The average Bonchev–Trinajstić information content (AvgIpc) is 2.86. The summed E-state index contributed by atoms with van der Waals surface area (Å²) in [6.07, 6.45) is 0. The minimum absolute atomic E-state index is 0.723. The van der Waals surface area contributed by atoms with Gasteiger partial charge in [0, 0.05) is 17.3 Å². The van der Waals surface area contributed by atoms with Crippen LogP contribution in [0.15, 0.2) is 35.7 Å². The van der Waals surface area contributed by atoms with E-state index in [-0.39, 0.29) is 0 Å².